The number of aromatic nitrogens is 1. The summed E-state index contributed by atoms with van der Waals surface area (Å²) in [6.45, 7) is 1.55. The van der Waals surface area contributed by atoms with Crippen LogP contribution in [0.25, 0.3) is 0 Å². The van der Waals surface area contributed by atoms with Gasteiger partial charge in [-0.2, -0.15) is 0 Å². The van der Waals surface area contributed by atoms with E-state index in [0.29, 0.717) is 31.7 Å². The number of rotatable bonds is 2. The maximum atomic E-state index is 12.5. The second-order valence-corrected chi connectivity index (χ2v) is 6.11. The van der Waals surface area contributed by atoms with Crippen molar-refractivity contribution in [1.82, 2.24) is 14.8 Å². The van der Waals surface area contributed by atoms with Crippen LogP contribution in [0.1, 0.15) is 40.1 Å². The largest absolute Gasteiger partial charge is 0.368 e. The van der Waals surface area contributed by atoms with Gasteiger partial charge in [0, 0.05) is 25.9 Å². The van der Waals surface area contributed by atoms with Gasteiger partial charge in [0.1, 0.15) is 11.8 Å². The molecule has 3 aliphatic rings. The van der Waals surface area contributed by atoms with Crippen LogP contribution in [-0.4, -0.2) is 64.3 Å². The zero-order chi connectivity index (χ0) is 16.0. The molecule has 1 aromatic heterocycles. The van der Waals surface area contributed by atoms with Crippen molar-refractivity contribution in [3.05, 3.63) is 29.6 Å². The lowest BCUT2D eigenvalue weighted by atomic mass is 10.2. The fourth-order valence-electron chi connectivity index (χ4n) is 3.54. The Morgan fingerprint density at radius 3 is 2.87 bits per heavy atom. The molecule has 2 fully saturated rings. The Morgan fingerprint density at radius 1 is 1.26 bits per heavy atom. The maximum Gasteiger partial charge on any atom is 0.280 e. The molecule has 4 heterocycles. The number of hydrogen-bond acceptors (Lipinski definition) is 5. The summed E-state index contributed by atoms with van der Waals surface area (Å²) in [4.78, 5) is 44.3. The van der Waals surface area contributed by atoms with E-state index in [2.05, 4.69) is 4.98 Å². The van der Waals surface area contributed by atoms with E-state index in [-0.39, 0.29) is 35.6 Å². The van der Waals surface area contributed by atoms with E-state index in [0.717, 1.165) is 12.8 Å². The molecule has 7 nitrogen and oxygen atoms in total. The molecule has 0 saturated carbocycles. The number of carbonyl (C=O) groups is 3. The minimum Gasteiger partial charge on any atom is -0.368 e. The number of ether oxygens (including phenoxy) is 1. The number of amides is 3. The number of likely N-dealkylation sites (tertiary alicyclic amines) is 1. The fraction of sp³-hybridized carbons (Fsp3) is 0.500. The Bertz CT molecular complexity index is 649. The lowest BCUT2D eigenvalue weighted by Crippen LogP contribution is -2.44. The lowest BCUT2D eigenvalue weighted by Gasteiger charge is -2.23. The van der Waals surface area contributed by atoms with Gasteiger partial charge < -0.3 is 9.64 Å². The molecule has 120 valence electrons. The highest BCUT2D eigenvalue weighted by molar-refractivity contribution is 6.20. The average Bonchev–Trinajstić information content (AvgIpc) is 3.29. The highest BCUT2D eigenvalue weighted by atomic mass is 16.5. The van der Waals surface area contributed by atoms with Crippen LogP contribution in [0.15, 0.2) is 18.3 Å². The van der Waals surface area contributed by atoms with Gasteiger partial charge in [-0.25, -0.2) is 0 Å². The molecule has 2 atom stereocenters. The summed E-state index contributed by atoms with van der Waals surface area (Å²) >= 11 is 0. The average molecular weight is 315 g/mol. The number of imide groups is 1. The monoisotopic (exact) mass is 315 g/mol. The molecule has 0 aromatic carbocycles. The van der Waals surface area contributed by atoms with Crippen molar-refractivity contribution in [2.45, 2.75) is 31.4 Å². The zero-order valence-corrected chi connectivity index (χ0v) is 12.6. The van der Waals surface area contributed by atoms with E-state index >= 15 is 0 Å². The topological polar surface area (TPSA) is 79.8 Å². The minimum absolute atomic E-state index is 0.0280. The first-order valence-electron chi connectivity index (χ1n) is 7.90. The molecular formula is C16H17N3O4. The third-order valence-corrected chi connectivity index (χ3v) is 4.72. The summed E-state index contributed by atoms with van der Waals surface area (Å²) in [5.74, 6) is -0.698. The first kappa shape index (κ1) is 14.3. The number of carbonyl (C=O) groups excluding carboxylic acids is 3. The van der Waals surface area contributed by atoms with Crippen LogP contribution in [0, 0.1) is 0 Å². The smallest absolute Gasteiger partial charge is 0.280 e. The minimum atomic E-state index is -0.363. The van der Waals surface area contributed by atoms with Crippen molar-refractivity contribution in [3.63, 3.8) is 0 Å². The van der Waals surface area contributed by atoms with Crippen molar-refractivity contribution >= 4 is 17.7 Å². The lowest BCUT2D eigenvalue weighted by molar-refractivity contribution is -0.139. The third-order valence-electron chi connectivity index (χ3n) is 4.72. The highest BCUT2D eigenvalue weighted by Crippen LogP contribution is 2.27. The van der Waals surface area contributed by atoms with E-state index in [9.17, 15) is 14.4 Å². The summed E-state index contributed by atoms with van der Waals surface area (Å²) in [6.07, 6.45) is 3.39. The summed E-state index contributed by atoms with van der Waals surface area (Å²) in [5.41, 5.74) is 0.558. The molecule has 0 N–H and O–H groups in total. The first-order chi connectivity index (χ1) is 11.2. The molecule has 2 unspecified atom stereocenters. The SMILES string of the molecule is O=C(C1CCCO1)N1CCC(N2C(=O)c3cccnc3C2=O)C1. The van der Waals surface area contributed by atoms with Gasteiger partial charge in [0.15, 0.2) is 0 Å². The van der Waals surface area contributed by atoms with E-state index < -0.39 is 0 Å². The normalized spacial score (nSPS) is 27.0. The maximum absolute atomic E-state index is 12.5. The van der Waals surface area contributed by atoms with Gasteiger partial charge in [0.25, 0.3) is 17.7 Å². The molecule has 3 amide bonds. The van der Waals surface area contributed by atoms with Gasteiger partial charge in [-0.3, -0.25) is 24.3 Å². The van der Waals surface area contributed by atoms with Gasteiger partial charge in [0.05, 0.1) is 11.6 Å². The van der Waals surface area contributed by atoms with Gasteiger partial charge in [-0.15, -0.1) is 0 Å². The third kappa shape index (κ3) is 2.23. The highest BCUT2D eigenvalue weighted by Gasteiger charge is 2.44. The van der Waals surface area contributed by atoms with Gasteiger partial charge in [0.2, 0.25) is 0 Å². The van der Waals surface area contributed by atoms with E-state index in [1.54, 1.807) is 17.0 Å². The number of pyridine rings is 1. The molecule has 4 rings (SSSR count). The van der Waals surface area contributed by atoms with Crippen LogP contribution < -0.4 is 0 Å². The Labute approximate surface area is 133 Å². The van der Waals surface area contributed by atoms with Crippen LogP contribution >= 0.6 is 0 Å². The fourth-order valence-corrected chi connectivity index (χ4v) is 3.54. The summed E-state index contributed by atoms with van der Waals surface area (Å²) in [6, 6.07) is 2.98. The van der Waals surface area contributed by atoms with E-state index in [1.165, 1.54) is 11.1 Å². The van der Waals surface area contributed by atoms with Crippen molar-refractivity contribution in [3.8, 4) is 0 Å². The Hall–Kier alpha value is -2.28. The first-order valence-corrected chi connectivity index (χ1v) is 7.90. The van der Waals surface area contributed by atoms with Crippen molar-refractivity contribution < 1.29 is 19.1 Å². The van der Waals surface area contributed by atoms with Crippen molar-refractivity contribution in [2.75, 3.05) is 19.7 Å². The van der Waals surface area contributed by atoms with Crippen molar-refractivity contribution in [1.29, 1.82) is 0 Å². The number of hydrogen-bond donors (Lipinski definition) is 0. The summed E-state index contributed by atoms with van der Waals surface area (Å²) in [7, 11) is 0. The Morgan fingerprint density at radius 2 is 2.13 bits per heavy atom. The quantitative estimate of drug-likeness (QED) is 0.741. The molecule has 0 bridgehead atoms. The molecule has 0 spiro atoms. The van der Waals surface area contributed by atoms with Crippen LogP contribution in [0.4, 0.5) is 0 Å². The molecule has 23 heavy (non-hydrogen) atoms. The predicted octanol–water partition coefficient (Wildman–Crippen LogP) is 0.457. The second kappa shape index (κ2) is 5.42. The number of fused-ring (bicyclic) bond motifs is 1. The zero-order valence-electron chi connectivity index (χ0n) is 12.6. The number of nitrogens with zero attached hydrogens (tertiary/aromatic N) is 3. The Kier molecular flexibility index (Phi) is 3.37. The van der Waals surface area contributed by atoms with Crippen LogP contribution in [-0.2, 0) is 9.53 Å². The van der Waals surface area contributed by atoms with Gasteiger partial charge >= 0.3 is 0 Å². The molecule has 0 aliphatic carbocycles. The molecule has 1 aromatic rings. The van der Waals surface area contributed by atoms with Crippen LogP contribution in [0.3, 0.4) is 0 Å². The second-order valence-electron chi connectivity index (χ2n) is 6.11. The summed E-state index contributed by atoms with van der Waals surface area (Å²) in [5, 5.41) is 0. The van der Waals surface area contributed by atoms with E-state index in [1.807, 2.05) is 0 Å². The van der Waals surface area contributed by atoms with Gasteiger partial charge in [-0.1, -0.05) is 0 Å². The van der Waals surface area contributed by atoms with Gasteiger partial charge in [-0.05, 0) is 31.4 Å². The molecular weight excluding hydrogens is 298 g/mol. The van der Waals surface area contributed by atoms with Crippen LogP contribution in [0.5, 0.6) is 0 Å². The Balaban J connectivity index is 1.49. The predicted molar refractivity (Wildman–Crippen MR) is 78.7 cm³/mol. The molecule has 2 saturated heterocycles. The standard InChI is InChI=1S/C16H17N3O4/c20-14-11-3-1-6-17-13(11)16(22)19(14)10-5-7-18(9-10)15(21)12-4-2-8-23-12/h1,3,6,10,12H,2,4-5,7-9H2. The molecule has 3 aliphatic heterocycles. The summed E-state index contributed by atoms with van der Waals surface area (Å²) < 4.78 is 5.43. The molecule has 0 radical (unpaired) electrons. The van der Waals surface area contributed by atoms with Crippen LogP contribution in [0.2, 0.25) is 0 Å². The molecule has 7 heteroatoms. The van der Waals surface area contributed by atoms with E-state index in [4.69, 9.17) is 4.74 Å². The van der Waals surface area contributed by atoms with Crippen molar-refractivity contribution in [2.24, 2.45) is 0 Å².